The lowest BCUT2D eigenvalue weighted by atomic mass is 9.81. The molecular weight excluding hydrogens is 865 g/mol. The van der Waals surface area contributed by atoms with E-state index in [1.807, 2.05) is 12.1 Å². The van der Waals surface area contributed by atoms with Gasteiger partial charge in [0.25, 0.3) is 0 Å². The maximum atomic E-state index is 6.74. The van der Waals surface area contributed by atoms with Crippen LogP contribution in [0.15, 0.2) is 251 Å². The van der Waals surface area contributed by atoms with Gasteiger partial charge in [0, 0.05) is 49.7 Å². The molecule has 0 radical (unpaired) electrons. The molecule has 4 nitrogen and oxygen atoms in total. The van der Waals surface area contributed by atoms with Crippen LogP contribution >= 0.6 is 0 Å². The summed E-state index contributed by atoms with van der Waals surface area (Å²) in [4.78, 5) is 4.74. The second-order valence-corrected chi connectivity index (χ2v) is 19.3. The SMILES string of the molecule is CC1(C)c2cc(N(c3cccc(-c4ccccc4)c3)c3cccc4c3oc3ccccc34)ccc2-c2cc3ccc(N(c4cccc(-c5ccccc5)c4)c4cccc5c4oc4ccccc45)cc3cc21. The molecule has 2 heterocycles. The largest absolute Gasteiger partial charge is 0.454 e. The summed E-state index contributed by atoms with van der Waals surface area (Å²) in [5.41, 5.74) is 19.2. The van der Waals surface area contributed by atoms with Gasteiger partial charge >= 0.3 is 0 Å². The minimum atomic E-state index is -0.308. The van der Waals surface area contributed by atoms with Gasteiger partial charge in [-0.3, -0.25) is 0 Å². The molecule has 2 aromatic heterocycles. The topological polar surface area (TPSA) is 32.8 Å². The Balaban J connectivity index is 0.912. The van der Waals surface area contributed by atoms with Crippen LogP contribution in [-0.4, -0.2) is 0 Å². The quantitative estimate of drug-likeness (QED) is 0.152. The van der Waals surface area contributed by atoms with Crippen molar-refractivity contribution in [3.05, 3.63) is 254 Å². The summed E-state index contributed by atoms with van der Waals surface area (Å²) in [6.45, 7) is 4.75. The molecule has 0 unspecified atom stereocenters. The third-order valence-corrected chi connectivity index (χ3v) is 14.8. The number of rotatable bonds is 8. The average Bonchev–Trinajstić information content (AvgIpc) is 4.07. The number of fused-ring (bicyclic) bond motifs is 10. The first-order chi connectivity index (χ1) is 34.9. The molecule has 71 heavy (non-hydrogen) atoms. The van der Waals surface area contributed by atoms with Crippen LogP contribution in [0.1, 0.15) is 25.0 Å². The minimum absolute atomic E-state index is 0.308. The summed E-state index contributed by atoms with van der Waals surface area (Å²) in [6, 6.07) is 87.3. The fraction of sp³-hybridized carbons (Fsp3) is 0.0448. The number of furan rings is 2. The van der Waals surface area contributed by atoms with Crippen molar-refractivity contribution in [2.75, 3.05) is 9.80 Å². The van der Waals surface area contributed by atoms with E-state index in [0.29, 0.717) is 0 Å². The van der Waals surface area contributed by atoms with Gasteiger partial charge in [0.05, 0.1) is 11.4 Å². The second-order valence-electron chi connectivity index (χ2n) is 19.3. The molecule has 0 amide bonds. The molecule has 0 N–H and O–H groups in total. The normalized spacial score (nSPS) is 12.8. The van der Waals surface area contributed by atoms with Crippen molar-refractivity contribution >= 4 is 88.8 Å². The van der Waals surface area contributed by atoms with Crippen LogP contribution in [0.5, 0.6) is 0 Å². The fourth-order valence-corrected chi connectivity index (χ4v) is 11.3. The van der Waals surface area contributed by atoms with Gasteiger partial charge in [-0.15, -0.1) is 0 Å². The van der Waals surface area contributed by atoms with Crippen LogP contribution in [0.25, 0.3) is 88.0 Å². The molecular formula is C67H46N2O2. The van der Waals surface area contributed by atoms with E-state index >= 15 is 0 Å². The lowest BCUT2D eigenvalue weighted by Crippen LogP contribution is -2.16. The van der Waals surface area contributed by atoms with E-state index in [1.54, 1.807) is 0 Å². The Kier molecular flexibility index (Phi) is 9.21. The molecule has 0 atom stereocenters. The molecule has 1 aliphatic carbocycles. The molecule has 11 aromatic carbocycles. The van der Waals surface area contributed by atoms with Gasteiger partial charge in [-0.1, -0.05) is 172 Å². The molecule has 14 rings (SSSR count). The van der Waals surface area contributed by atoms with Crippen molar-refractivity contribution in [1.82, 2.24) is 0 Å². The van der Waals surface area contributed by atoms with Crippen molar-refractivity contribution < 1.29 is 8.83 Å². The lowest BCUT2D eigenvalue weighted by molar-refractivity contribution is 0.661. The number of benzene rings is 11. The first-order valence-corrected chi connectivity index (χ1v) is 24.4. The Morgan fingerprint density at radius 1 is 0.310 bits per heavy atom. The molecule has 0 bridgehead atoms. The van der Waals surface area contributed by atoms with Crippen LogP contribution in [0.3, 0.4) is 0 Å². The van der Waals surface area contributed by atoms with Crippen molar-refractivity contribution in [2.45, 2.75) is 19.3 Å². The highest BCUT2D eigenvalue weighted by atomic mass is 16.3. The lowest BCUT2D eigenvalue weighted by Gasteiger charge is -2.28. The summed E-state index contributed by atoms with van der Waals surface area (Å²) in [5, 5.41) is 6.78. The van der Waals surface area contributed by atoms with E-state index in [4.69, 9.17) is 8.83 Å². The number of para-hydroxylation sites is 4. The summed E-state index contributed by atoms with van der Waals surface area (Å²) in [5.74, 6) is 0. The Morgan fingerprint density at radius 2 is 0.761 bits per heavy atom. The zero-order chi connectivity index (χ0) is 47.2. The molecule has 336 valence electrons. The summed E-state index contributed by atoms with van der Waals surface area (Å²) < 4.78 is 13.5. The van der Waals surface area contributed by atoms with Crippen LogP contribution in [-0.2, 0) is 5.41 Å². The molecule has 0 saturated heterocycles. The molecule has 13 aromatic rings. The van der Waals surface area contributed by atoms with Crippen LogP contribution in [0, 0.1) is 0 Å². The van der Waals surface area contributed by atoms with E-state index in [0.717, 1.165) is 89.1 Å². The predicted molar refractivity (Wildman–Crippen MR) is 296 cm³/mol. The van der Waals surface area contributed by atoms with E-state index in [-0.39, 0.29) is 5.41 Å². The molecule has 1 aliphatic rings. The maximum absolute atomic E-state index is 6.74. The smallest absolute Gasteiger partial charge is 0.159 e. The van der Waals surface area contributed by atoms with Gasteiger partial charge in [0.15, 0.2) is 11.2 Å². The Morgan fingerprint density at radius 3 is 1.34 bits per heavy atom. The van der Waals surface area contributed by atoms with E-state index < -0.39 is 0 Å². The van der Waals surface area contributed by atoms with Crippen molar-refractivity contribution in [2.24, 2.45) is 0 Å². The van der Waals surface area contributed by atoms with Crippen molar-refractivity contribution in [3.63, 3.8) is 0 Å². The fourth-order valence-electron chi connectivity index (χ4n) is 11.3. The van der Waals surface area contributed by atoms with E-state index in [9.17, 15) is 0 Å². The Hall–Kier alpha value is -9.12. The van der Waals surface area contributed by atoms with Gasteiger partial charge in [0.2, 0.25) is 0 Å². The first-order valence-electron chi connectivity index (χ1n) is 24.4. The summed E-state index contributed by atoms with van der Waals surface area (Å²) in [6.07, 6.45) is 0. The third kappa shape index (κ3) is 6.60. The van der Waals surface area contributed by atoms with Gasteiger partial charge < -0.3 is 18.6 Å². The van der Waals surface area contributed by atoms with Crippen LogP contribution < -0.4 is 9.80 Å². The minimum Gasteiger partial charge on any atom is -0.454 e. The standard InChI is InChI=1S/C67H46N2O2/c1-67(2)59-41-48-39-51(68(49-23-13-21-45(37-49)43-17-5-3-6-18-43)61-29-15-27-56-54-25-9-11-31-63(54)70-65(56)61)34-33-47(48)40-58(59)53-36-35-52(42-60(53)67)69(50-24-14-22-46(38-50)44-19-7-4-8-20-44)62-30-16-28-57-55-26-10-12-32-64(55)71-66(57)62/h3-42H,1-2H3. The molecule has 0 spiro atoms. The third-order valence-electron chi connectivity index (χ3n) is 14.8. The van der Waals surface area contributed by atoms with Crippen molar-refractivity contribution in [1.29, 1.82) is 0 Å². The second kappa shape index (κ2) is 16.0. The van der Waals surface area contributed by atoms with Crippen molar-refractivity contribution in [3.8, 4) is 33.4 Å². The Bertz CT molecular complexity index is 4220. The van der Waals surface area contributed by atoms with Gasteiger partial charge in [-0.25, -0.2) is 0 Å². The zero-order valence-electron chi connectivity index (χ0n) is 39.3. The average molecular weight is 911 g/mol. The highest BCUT2D eigenvalue weighted by Gasteiger charge is 2.37. The Labute approximate surface area is 411 Å². The van der Waals surface area contributed by atoms with E-state index in [2.05, 4.69) is 254 Å². The van der Waals surface area contributed by atoms with Gasteiger partial charge in [0.1, 0.15) is 11.2 Å². The van der Waals surface area contributed by atoms with Crippen LogP contribution in [0.4, 0.5) is 34.1 Å². The zero-order valence-corrected chi connectivity index (χ0v) is 39.3. The molecule has 0 fully saturated rings. The first kappa shape index (κ1) is 40.9. The number of anilines is 6. The predicted octanol–water partition coefficient (Wildman–Crippen LogP) is 19.2. The van der Waals surface area contributed by atoms with E-state index in [1.165, 1.54) is 44.2 Å². The van der Waals surface area contributed by atoms with Crippen LogP contribution in [0.2, 0.25) is 0 Å². The summed E-state index contributed by atoms with van der Waals surface area (Å²) in [7, 11) is 0. The molecule has 0 aliphatic heterocycles. The number of hydrogen-bond acceptors (Lipinski definition) is 4. The highest BCUT2D eigenvalue weighted by Crippen LogP contribution is 2.53. The maximum Gasteiger partial charge on any atom is 0.159 e. The molecule has 0 saturated carbocycles. The number of nitrogens with zero attached hydrogens (tertiary/aromatic N) is 2. The molecule has 4 heteroatoms. The monoisotopic (exact) mass is 910 g/mol. The summed E-state index contributed by atoms with van der Waals surface area (Å²) >= 11 is 0. The van der Waals surface area contributed by atoms with Gasteiger partial charge in [-0.05, 0) is 140 Å². The van der Waals surface area contributed by atoms with Gasteiger partial charge in [-0.2, -0.15) is 0 Å². The highest BCUT2D eigenvalue weighted by molar-refractivity contribution is 6.12. The number of hydrogen-bond donors (Lipinski definition) is 0.